The van der Waals surface area contributed by atoms with Crippen LogP contribution in [-0.4, -0.2) is 56.2 Å². The Bertz CT molecular complexity index is 669. The lowest BCUT2D eigenvalue weighted by Gasteiger charge is -2.33. The van der Waals surface area contributed by atoms with Crippen molar-refractivity contribution in [3.8, 4) is 0 Å². The molecule has 1 aliphatic rings. The number of nitrogens with zero attached hydrogens (tertiary/aromatic N) is 3. The fourth-order valence-electron chi connectivity index (χ4n) is 2.64. The SMILES string of the molecule is COC(=O)c1cc(N2CCN(C)CC2)nc2ccccc12.[Cl-]. The van der Waals surface area contributed by atoms with Gasteiger partial charge in [-0.05, 0) is 19.2 Å². The van der Waals surface area contributed by atoms with Gasteiger partial charge in [-0.25, -0.2) is 9.78 Å². The number of halogens is 1. The molecule has 0 atom stereocenters. The van der Waals surface area contributed by atoms with Gasteiger partial charge < -0.3 is 26.9 Å². The second-order valence-corrected chi connectivity index (χ2v) is 5.33. The molecule has 118 valence electrons. The van der Waals surface area contributed by atoms with Crippen LogP contribution in [0.4, 0.5) is 5.82 Å². The summed E-state index contributed by atoms with van der Waals surface area (Å²) in [6, 6.07) is 9.53. The lowest BCUT2D eigenvalue weighted by molar-refractivity contribution is -0.0000189. The van der Waals surface area contributed by atoms with Crippen molar-refractivity contribution < 1.29 is 21.9 Å². The number of pyridine rings is 1. The van der Waals surface area contributed by atoms with Gasteiger partial charge in [0, 0.05) is 31.6 Å². The van der Waals surface area contributed by atoms with Crippen LogP contribution in [-0.2, 0) is 4.74 Å². The summed E-state index contributed by atoms with van der Waals surface area (Å²) in [6.45, 7) is 3.84. The first-order valence-corrected chi connectivity index (χ1v) is 7.10. The molecule has 1 aromatic heterocycles. The number of para-hydroxylation sites is 1. The van der Waals surface area contributed by atoms with Crippen LogP contribution in [0.1, 0.15) is 10.4 Å². The molecule has 0 unspecified atom stereocenters. The minimum absolute atomic E-state index is 0. The van der Waals surface area contributed by atoms with Gasteiger partial charge in [-0.2, -0.15) is 0 Å². The van der Waals surface area contributed by atoms with Gasteiger partial charge in [0.25, 0.3) is 0 Å². The highest BCUT2D eigenvalue weighted by Gasteiger charge is 2.19. The van der Waals surface area contributed by atoms with Crippen LogP contribution >= 0.6 is 0 Å². The van der Waals surface area contributed by atoms with Crippen LogP contribution in [0.25, 0.3) is 10.9 Å². The number of aromatic nitrogens is 1. The van der Waals surface area contributed by atoms with E-state index in [1.54, 1.807) is 0 Å². The summed E-state index contributed by atoms with van der Waals surface area (Å²) < 4.78 is 4.91. The number of anilines is 1. The van der Waals surface area contributed by atoms with Crippen LogP contribution in [0.2, 0.25) is 0 Å². The predicted molar refractivity (Wildman–Crippen MR) is 82.8 cm³/mol. The number of ether oxygens (including phenoxy) is 1. The largest absolute Gasteiger partial charge is 1.00 e. The third kappa shape index (κ3) is 3.15. The monoisotopic (exact) mass is 320 g/mol. The highest BCUT2D eigenvalue weighted by atomic mass is 35.5. The maximum absolute atomic E-state index is 12.0. The van der Waals surface area contributed by atoms with E-state index < -0.39 is 0 Å². The van der Waals surface area contributed by atoms with E-state index >= 15 is 0 Å². The molecule has 2 heterocycles. The molecule has 2 aromatic rings. The quantitative estimate of drug-likeness (QED) is 0.649. The van der Waals surface area contributed by atoms with Crippen molar-refractivity contribution >= 4 is 22.7 Å². The fourth-order valence-corrected chi connectivity index (χ4v) is 2.64. The van der Waals surface area contributed by atoms with Gasteiger partial charge in [-0.3, -0.25) is 0 Å². The van der Waals surface area contributed by atoms with E-state index in [9.17, 15) is 4.79 Å². The van der Waals surface area contributed by atoms with Crippen LogP contribution < -0.4 is 17.3 Å². The van der Waals surface area contributed by atoms with Crippen LogP contribution in [0.3, 0.4) is 0 Å². The summed E-state index contributed by atoms with van der Waals surface area (Å²) in [5.74, 6) is 0.533. The number of piperazine rings is 1. The molecule has 0 N–H and O–H groups in total. The second kappa shape index (κ2) is 6.94. The van der Waals surface area contributed by atoms with Crippen molar-refractivity contribution in [3.05, 3.63) is 35.9 Å². The number of benzene rings is 1. The van der Waals surface area contributed by atoms with E-state index in [0.29, 0.717) is 5.56 Å². The average molecular weight is 321 g/mol. The van der Waals surface area contributed by atoms with Crippen molar-refractivity contribution in [1.82, 2.24) is 9.88 Å². The molecular formula is C16H19ClN3O2-. The summed E-state index contributed by atoms with van der Waals surface area (Å²) in [5.41, 5.74) is 1.41. The normalized spacial score (nSPS) is 15.5. The molecule has 22 heavy (non-hydrogen) atoms. The van der Waals surface area contributed by atoms with Gasteiger partial charge in [0.15, 0.2) is 0 Å². The highest BCUT2D eigenvalue weighted by molar-refractivity contribution is 6.04. The zero-order chi connectivity index (χ0) is 14.8. The summed E-state index contributed by atoms with van der Waals surface area (Å²) in [5, 5.41) is 0.835. The summed E-state index contributed by atoms with van der Waals surface area (Å²) in [6.07, 6.45) is 0. The topological polar surface area (TPSA) is 45.7 Å². The molecule has 0 bridgehead atoms. The molecule has 1 aromatic carbocycles. The number of hydrogen-bond acceptors (Lipinski definition) is 5. The minimum Gasteiger partial charge on any atom is -1.00 e. The second-order valence-electron chi connectivity index (χ2n) is 5.33. The number of carbonyl (C=O) groups excluding carboxylic acids is 1. The highest BCUT2D eigenvalue weighted by Crippen LogP contribution is 2.24. The van der Waals surface area contributed by atoms with Crippen molar-refractivity contribution in [2.24, 2.45) is 0 Å². The third-order valence-corrected chi connectivity index (χ3v) is 3.94. The van der Waals surface area contributed by atoms with Crippen molar-refractivity contribution in [2.75, 3.05) is 45.2 Å². The summed E-state index contributed by atoms with van der Waals surface area (Å²) in [4.78, 5) is 21.3. The number of rotatable bonds is 2. The Hall–Kier alpha value is -1.85. The Kier molecular flexibility index (Phi) is 5.21. The van der Waals surface area contributed by atoms with Crippen molar-refractivity contribution in [2.45, 2.75) is 0 Å². The molecule has 6 heteroatoms. The molecule has 1 aliphatic heterocycles. The number of fused-ring (bicyclic) bond motifs is 1. The van der Waals surface area contributed by atoms with Gasteiger partial charge in [-0.15, -0.1) is 0 Å². The van der Waals surface area contributed by atoms with Crippen LogP contribution in [0.5, 0.6) is 0 Å². The van der Waals surface area contributed by atoms with E-state index in [1.165, 1.54) is 7.11 Å². The first-order valence-electron chi connectivity index (χ1n) is 7.10. The maximum atomic E-state index is 12.0. The van der Waals surface area contributed by atoms with Crippen molar-refractivity contribution in [1.29, 1.82) is 0 Å². The number of carbonyl (C=O) groups is 1. The number of hydrogen-bond donors (Lipinski definition) is 0. The molecule has 0 amide bonds. The number of esters is 1. The molecular weight excluding hydrogens is 302 g/mol. The van der Waals surface area contributed by atoms with E-state index in [1.807, 2.05) is 30.3 Å². The fraction of sp³-hybridized carbons (Fsp3) is 0.375. The lowest BCUT2D eigenvalue weighted by Crippen LogP contribution is -3.00. The Morgan fingerprint density at radius 1 is 1.18 bits per heavy atom. The van der Waals surface area contributed by atoms with Crippen LogP contribution in [0.15, 0.2) is 30.3 Å². The molecule has 0 aliphatic carbocycles. The standard InChI is InChI=1S/C16H19N3O2.ClH/c1-18-7-9-19(10-8-18)15-11-13(16(20)21-2)12-5-3-4-6-14(12)17-15;/h3-6,11H,7-10H2,1-2H3;1H/p-1. The molecule has 1 fully saturated rings. The Balaban J connectivity index is 0.00000176. The van der Waals surface area contributed by atoms with E-state index in [-0.39, 0.29) is 18.4 Å². The first-order chi connectivity index (χ1) is 10.2. The summed E-state index contributed by atoms with van der Waals surface area (Å²) in [7, 11) is 3.53. The van der Waals surface area contributed by atoms with Gasteiger partial charge >= 0.3 is 5.97 Å². The molecule has 5 nitrogen and oxygen atoms in total. The number of likely N-dealkylation sites (N-methyl/N-ethyl adjacent to an activating group) is 1. The van der Waals surface area contributed by atoms with Gasteiger partial charge in [0.2, 0.25) is 0 Å². The Labute approximate surface area is 136 Å². The van der Waals surface area contributed by atoms with Gasteiger partial charge in [0.1, 0.15) is 5.82 Å². The lowest BCUT2D eigenvalue weighted by atomic mass is 10.1. The molecule has 0 spiro atoms. The minimum atomic E-state index is -0.316. The first kappa shape index (κ1) is 16.5. The van der Waals surface area contributed by atoms with E-state index in [4.69, 9.17) is 9.72 Å². The summed E-state index contributed by atoms with van der Waals surface area (Å²) >= 11 is 0. The Morgan fingerprint density at radius 3 is 2.55 bits per heavy atom. The molecule has 3 rings (SSSR count). The Morgan fingerprint density at radius 2 is 1.86 bits per heavy atom. The zero-order valence-corrected chi connectivity index (χ0v) is 13.5. The third-order valence-electron chi connectivity index (χ3n) is 3.94. The van der Waals surface area contributed by atoms with Crippen molar-refractivity contribution in [3.63, 3.8) is 0 Å². The molecule has 0 radical (unpaired) electrons. The molecule has 1 saturated heterocycles. The maximum Gasteiger partial charge on any atom is 0.338 e. The number of methoxy groups -OCH3 is 1. The van der Waals surface area contributed by atoms with Gasteiger partial charge in [0.05, 0.1) is 18.2 Å². The van der Waals surface area contributed by atoms with E-state index in [0.717, 1.165) is 42.9 Å². The average Bonchev–Trinajstić information content (AvgIpc) is 2.53. The van der Waals surface area contributed by atoms with E-state index in [2.05, 4.69) is 16.8 Å². The van der Waals surface area contributed by atoms with Crippen LogP contribution in [0, 0.1) is 0 Å². The van der Waals surface area contributed by atoms with Gasteiger partial charge in [-0.1, -0.05) is 18.2 Å². The predicted octanol–water partition coefficient (Wildman–Crippen LogP) is -1.22. The molecule has 0 saturated carbocycles. The zero-order valence-electron chi connectivity index (χ0n) is 12.8. The smallest absolute Gasteiger partial charge is 0.338 e.